The summed E-state index contributed by atoms with van der Waals surface area (Å²) in [6.07, 6.45) is 4.69. The first kappa shape index (κ1) is 9.25. The molecule has 0 atom stereocenters. The van der Waals surface area contributed by atoms with E-state index in [9.17, 15) is 4.79 Å². The molecule has 1 aliphatic rings. The fourth-order valence-electron chi connectivity index (χ4n) is 1.01. The van der Waals surface area contributed by atoms with E-state index in [0.717, 1.165) is 0 Å². The Bertz CT molecular complexity index is 315. The van der Waals surface area contributed by atoms with Gasteiger partial charge >= 0.3 is 6.03 Å². The highest BCUT2D eigenvalue weighted by molar-refractivity contribution is 6.14. The van der Waals surface area contributed by atoms with E-state index in [1.165, 1.54) is 11.1 Å². The number of rotatable bonds is 2. The smallest absolute Gasteiger partial charge is 0.294 e. The summed E-state index contributed by atoms with van der Waals surface area (Å²) in [7, 11) is 1.66. The van der Waals surface area contributed by atoms with Crippen molar-refractivity contribution in [3.05, 3.63) is 37.2 Å². The molecule has 1 N–H and O–H groups in total. The van der Waals surface area contributed by atoms with Crippen molar-refractivity contribution in [2.45, 2.75) is 0 Å². The summed E-state index contributed by atoms with van der Waals surface area (Å²) in [5.74, 6) is 0.502. The summed E-state index contributed by atoms with van der Waals surface area (Å²) in [5.41, 5.74) is 0.694. The van der Waals surface area contributed by atoms with Crippen molar-refractivity contribution in [1.82, 2.24) is 10.2 Å². The molecule has 0 aromatic heterocycles. The normalized spacial score (nSPS) is 22.2. The number of aliphatic imine (C=N–C) groups is 1. The molecule has 4 heteroatoms. The summed E-state index contributed by atoms with van der Waals surface area (Å²) >= 11 is 0. The molecule has 0 aliphatic carbocycles. The lowest BCUT2D eigenvalue weighted by Crippen LogP contribution is -2.24. The second kappa shape index (κ2) is 3.71. The third-order valence-corrected chi connectivity index (χ3v) is 1.63. The Balaban J connectivity index is 3.07. The van der Waals surface area contributed by atoms with Gasteiger partial charge in [0.25, 0.3) is 0 Å². The minimum Gasteiger partial charge on any atom is -0.294 e. The average Bonchev–Trinajstić information content (AvgIpc) is 2.34. The number of hydrogen-bond acceptors (Lipinski definition) is 2. The Morgan fingerprint density at radius 3 is 2.77 bits per heavy atom. The van der Waals surface area contributed by atoms with Gasteiger partial charge in [-0.2, -0.15) is 0 Å². The van der Waals surface area contributed by atoms with Crippen LogP contribution >= 0.6 is 0 Å². The predicted molar refractivity (Wildman–Crippen MR) is 52.2 cm³/mol. The molecule has 68 valence electrons. The van der Waals surface area contributed by atoms with Crippen LogP contribution in [-0.4, -0.2) is 23.8 Å². The van der Waals surface area contributed by atoms with Crippen LogP contribution in [0.4, 0.5) is 4.79 Å². The summed E-state index contributed by atoms with van der Waals surface area (Å²) in [6, 6.07) is -0.200. The van der Waals surface area contributed by atoms with Gasteiger partial charge in [-0.15, -0.1) is 0 Å². The number of hydrogen-bond donors (Lipinski definition) is 1. The Hall–Kier alpha value is -1.84. The van der Waals surface area contributed by atoms with Crippen LogP contribution in [0, 0.1) is 0 Å². The highest BCUT2D eigenvalue weighted by Gasteiger charge is 2.26. The zero-order chi connectivity index (χ0) is 9.84. The number of carbonyl (C=O) groups is 1. The minimum absolute atomic E-state index is 0.200. The van der Waals surface area contributed by atoms with E-state index >= 15 is 0 Å². The second-order valence-electron chi connectivity index (χ2n) is 2.44. The van der Waals surface area contributed by atoms with Gasteiger partial charge in [0.2, 0.25) is 0 Å². The minimum atomic E-state index is -0.200. The maximum atomic E-state index is 11.2. The molecule has 4 nitrogen and oxygen atoms in total. The van der Waals surface area contributed by atoms with Gasteiger partial charge in [0.15, 0.2) is 5.84 Å². The average molecular weight is 177 g/mol. The van der Waals surface area contributed by atoms with Crippen molar-refractivity contribution in [3.8, 4) is 0 Å². The van der Waals surface area contributed by atoms with Crippen molar-refractivity contribution in [2.24, 2.45) is 4.99 Å². The summed E-state index contributed by atoms with van der Waals surface area (Å²) in [6.45, 7) is 7.01. The van der Waals surface area contributed by atoms with Crippen molar-refractivity contribution < 1.29 is 4.79 Å². The number of urea groups is 1. The fraction of sp³-hybridized carbons (Fsp3) is 0.111. The van der Waals surface area contributed by atoms with E-state index < -0.39 is 0 Å². The quantitative estimate of drug-likeness (QED) is 0.678. The van der Waals surface area contributed by atoms with Crippen molar-refractivity contribution in [3.63, 3.8) is 0 Å². The first-order chi connectivity index (χ1) is 6.20. The van der Waals surface area contributed by atoms with Gasteiger partial charge in [-0.25, -0.2) is 9.79 Å². The molecule has 1 heterocycles. The van der Waals surface area contributed by atoms with Crippen LogP contribution in [0.5, 0.6) is 0 Å². The van der Waals surface area contributed by atoms with Gasteiger partial charge < -0.3 is 0 Å². The molecule has 0 unspecified atom stereocenters. The van der Waals surface area contributed by atoms with Crippen molar-refractivity contribution in [1.29, 1.82) is 0 Å². The molecule has 13 heavy (non-hydrogen) atoms. The molecule has 1 fully saturated rings. The molecule has 1 aliphatic heterocycles. The Morgan fingerprint density at radius 2 is 2.23 bits per heavy atom. The number of carbonyl (C=O) groups excluding carboxylic acids is 1. The molecule has 0 saturated carbocycles. The number of amides is 2. The van der Waals surface area contributed by atoms with Gasteiger partial charge in [-0.3, -0.25) is 10.2 Å². The SMILES string of the molecule is C=C/C=C1\C(=NC=C)NC(=O)N1C. The van der Waals surface area contributed by atoms with Gasteiger partial charge in [-0.1, -0.05) is 19.2 Å². The van der Waals surface area contributed by atoms with Crippen LogP contribution in [-0.2, 0) is 0 Å². The molecule has 0 aromatic rings. The highest BCUT2D eigenvalue weighted by atomic mass is 16.2. The molecular weight excluding hydrogens is 166 g/mol. The molecule has 2 amide bonds. The zero-order valence-electron chi connectivity index (χ0n) is 7.45. The Morgan fingerprint density at radius 1 is 1.54 bits per heavy atom. The largest absolute Gasteiger partial charge is 0.327 e. The van der Waals surface area contributed by atoms with E-state index in [1.807, 2.05) is 0 Å². The van der Waals surface area contributed by atoms with Crippen LogP contribution in [0.15, 0.2) is 42.2 Å². The van der Waals surface area contributed by atoms with Crippen LogP contribution in [0.25, 0.3) is 0 Å². The van der Waals surface area contributed by atoms with Gasteiger partial charge in [-0.05, 0) is 6.08 Å². The lowest BCUT2D eigenvalue weighted by molar-refractivity contribution is 0.230. The third kappa shape index (κ3) is 1.66. The lowest BCUT2D eigenvalue weighted by atomic mass is 10.3. The Kier molecular flexibility index (Phi) is 2.64. The fourth-order valence-corrected chi connectivity index (χ4v) is 1.01. The maximum Gasteiger partial charge on any atom is 0.327 e. The number of nitrogens with zero attached hydrogens (tertiary/aromatic N) is 2. The topological polar surface area (TPSA) is 44.7 Å². The third-order valence-electron chi connectivity index (χ3n) is 1.63. The second-order valence-corrected chi connectivity index (χ2v) is 2.44. The van der Waals surface area contributed by atoms with Crippen LogP contribution in [0.3, 0.4) is 0 Å². The number of likely N-dealkylation sites (N-methyl/N-ethyl adjacent to an activating group) is 1. The predicted octanol–water partition coefficient (Wildman–Crippen LogP) is 1.25. The molecule has 0 bridgehead atoms. The van der Waals surface area contributed by atoms with E-state index in [-0.39, 0.29) is 6.03 Å². The van der Waals surface area contributed by atoms with Crippen LogP contribution in [0.1, 0.15) is 0 Å². The number of allylic oxidation sites excluding steroid dienone is 2. The van der Waals surface area contributed by atoms with E-state index in [0.29, 0.717) is 11.5 Å². The van der Waals surface area contributed by atoms with Crippen LogP contribution in [0.2, 0.25) is 0 Å². The monoisotopic (exact) mass is 177 g/mol. The van der Waals surface area contributed by atoms with Crippen LogP contribution < -0.4 is 5.32 Å². The maximum absolute atomic E-state index is 11.2. The van der Waals surface area contributed by atoms with Gasteiger partial charge in [0.05, 0.1) is 5.70 Å². The van der Waals surface area contributed by atoms with Gasteiger partial charge in [0.1, 0.15) is 0 Å². The standard InChI is InChI=1S/C9H11N3O/c1-4-6-7-8(10-5-2)11-9(13)12(7)3/h4-6H,1-2H2,3H3,(H,10,11,13)/b7-6+. The summed E-state index contributed by atoms with van der Waals surface area (Å²) in [5, 5.41) is 2.59. The lowest BCUT2D eigenvalue weighted by Gasteiger charge is -2.05. The first-order valence-electron chi connectivity index (χ1n) is 3.77. The molecule has 0 radical (unpaired) electrons. The van der Waals surface area contributed by atoms with E-state index in [2.05, 4.69) is 23.5 Å². The van der Waals surface area contributed by atoms with E-state index in [4.69, 9.17) is 0 Å². The Labute approximate surface area is 77.0 Å². The highest BCUT2D eigenvalue weighted by Crippen LogP contribution is 2.11. The molecular formula is C9H11N3O. The summed E-state index contributed by atoms with van der Waals surface area (Å²) in [4.78, 5) is 16.5. The molecule has 0 aromatic carbocycles. The molecule has 0 spiro atoms. The zero-order valence-corrected chi connectivity index (χ0v) is 7.45. The summed E-state index contributed by atoms with van der Waals surface area (Å²) < 4.78 is 0. The van der Waals surface area contributed by atoms with Crippen molar-refractivity contribution >= 4 is 11.9 Å². The van der Waals surface area contributed by atoms with E-state index in [1.54, 1.807) is 19.2 Å². The number of amidine groups is 1. The van der Waals surface area contributed by atoms with Gasteiger partial charge in [0, 0.05) is 13.2 Å². The number of nitrogens with one attached hydrogen (secondary N) is 1. The first-order valence-corrected chi connectivity index (χ1v) is 3.77. The molecule has 1 saturated heterocycles. The van der Waals surface area contributed by atoms with Crippen molar-refractivity contribution in [2.75, 3.05) is 7.05 Å². The molecule has 1 rings (SSSR count).